The van der Waals surface area contributed by atoms with Crippen molar-refractivity contribution in [2.24, 2.45) is 0 Å². The van der Waals surface area contributed by atoms with E-state index in [0.717, 1.165) is 11.4 Å². The van der Waals surface area contributed by atoms with Crippen molar-refractivity contribution >= 4 is 17.3 Å². The molecule has 0 aliphatic heterocycles. The van der Waals surface area contributed by atoms with Gasteiger partial charge in [0.05, 0.1) is 29.5 Å². The fourth-order valence-corrected chi connectivity index (χ4v) is 1.32. The largest absolute Gasteiger partial charge is 0.497 e. The predicted molar refractivity (Wildman–Crippen MR) is 67.4 cm³/mol. The average Bonchev–Trinajstić information content (AvgIpc) is 2.19. The lowest BCUT2D eigenvalue weighted by molar-refractivity contribution is 0.0649. The van der Waals surface area contributed by atoms with Crippen LogP contribution in [-0.4, -0.2) is 23.9 Å². The maximum atomic E-state index is 9.83. The first-order chi connectivity index (χ1) is 7.34. The van der Waals surface area contributed by atoms with Crippen LogP contribution >= 0.6 is 11.6 Å². The Kier molecular flexibility index (Phi) is 4.05. The number of benzene rings is 1. The second-order valence-electron chi connectivity index (χ2n) is 4.37. The van der Waals surface area contributed by atoms with Crippen molar-refractivity contribution in [3.63, 3.8) is 0 Å². The molecule has 0 bridgehead atoms. The molecule has 0 aliphatic rings. The standard InChI is InChI=1S/C12H18ClNO2/c1-8(12(2,3)15)14-11-7-9(16-4)5-6-10(11)13/h5-8,14-15H,1-4H3. The van der Waals surface area contributed by atoms with Crippen molar-refractivity contribution in [1.29, 1.82) is 0 Å². The summed E-state index contributed by atoms with van der Waals surface area (Å²) in [7, 11) is 1.60. The zero-order valence-electron chi connectivity index (χ0n) is 10.0. The number of rotatable bonds is 4. The first-order valence-corrected chi connectivity index (χ1v) is 5.55. The molecular formula is C12H18ClNO2. The van der Waals surface area contributed by atoms with E-state index >= 15 is 0 Å². The summed E-state index contributed by atoms with van der Waals surface area (Å²) in [6, 6.07) is 5.25. The Hall–Kier alpha value is -0.930. The molecule has 2 N–H and O–H groups in total. The summed E-state index contributed by atoms with van der Waals surface area (Å²) in [5, 5.41) is 13.6. The first-order valence-electron chi connectivity index (χ1n) is 5.17. The van der Waals surface area contributed by atoms with Gasteiger partial charge in [-0.15, -0.1) is 0 Å². The summed E-state index contributed by atoms with van der Waals surface area (Å²) in [6.45, 7) is 5.40. The van der Waals surface area contributed by atoms with Crippen molar-refractivity contribution in [1.82, 2.24) is 0 Å². The number of ether oxygens (including phenoxy) is 1. The highest BCUT2D eigenvalue weighted by atomic mass is 35.5. The Morgan fingerprint density at radius 2 is 2.06 bits per heavy atom. The minimum absolute atomic E-state index is 0.114. The lowest BCUT2D eigenvalue weighted by Crippen LogP contribution is -2.39. The maximum Gasteiger partial charge on any atom is 0.121 e. The molecule has 0 amide bonds. The van der Waals surface area contributed by atoms with Crippen LogP contribution < -0.4 is 10.1 Å². The molecule has 3 nitrogen and oxygen atoms in total. The van der Waals surface area contributed by atoms with Gasteiger partial charge in [-0.05, 0) is 32.9 Å². The molecule has 0 spiro atoms. The van der Waals surface area contributed by atoms with E-state index in [1.165, 1.54) is 0 Å². The Morgan fingerprint density at radius 1 is 1.44 bits per heavy atom. The first kappa shape index (κ1) is 13.1. The van der Waals surface area contributed by atoms with Crippen molar-refractivity contribution in [3.05, 3.63) is 23.2 Å². The summed E-state index contributed by atoms with van der Waals surface area (Å²) in [5.74, 6) is 0.731. The third kappa shape index (κ3) is 3.29. The fourth-order valence-electron chi connectivity index (χ4n) is 1.15. The fraction of sp³-hybridized carbons (Fsp3) is 0.500. The van der Waals surface area contributed by atoms with E-state index in [0.29, 0.717) is 5.02 Å². The average molecular weight is 244 g/mol. The van der Waals surface area contributed by atoms with E-state index < -0.39 is 5.60 Å². The molecule has 4 heteroatoms. The van der Waals surface area contributed by atoms with Crippen LogP contribution in [0.5, 0.6) is 5.75 Å². The zero-order valence-corrected chi connectivity index (χ0v) is 10.8. The Labute approximate surface area is 101 Å². The third-order valence-corrected chi connectivity index (χ3v) is 2.93. The third-order valence-electron chi connectivity index (χ3n) is 2.61. The van der Waals surface area contributed by atoms with E-state index in [2.05, 4.69) is 5.32 Å². The van der Waals surface area contributed by atoms with Crippen LogP contribution in [0.4, 0.5) is 5.69 Å². The Morgan fingerprint density at radius 3 is 2.56 bits per heavy atom. The molecule has 0 saturated heterocycles. The topological polar surface area (TPSA) is 41.5 Å². The molecule has 0 heterocycles. The monoisotopic (exact) mass is 243 g/mol. The van der Waals surface area contributed by atoms with E-state index in [1.54, 1.807) is 33.1 Å². The van der Waals surface area contributed by atoms with Gasteiger partial charge in [0.15, 0.2) is 0 Å². The van der Waals surface area contributed by atoms with Crippen molar-refractivity contribution in [3.8, 4) is 5.75 Å². The molecule has 1 aromatic rings. The van der Waals surface area contributed by atoms with Crippen LogP contribution in [0.1, 0.15) is 20.8 Å². The summed E-state index contributed by atoms with van der Waals surface area (Å²) in [4.78, 5) is 0. The molecule has 0 fully saturated rings. The van der Waals surface area contributed by atoms with Crippen LogP contribution in [0.2, 0.25) is 5.02 Å². The molecule has 90 valence electrons. The van der Waals surface area contributed by atoms with Gasteiger partial charge in [0.2, 0.25) is 0 Å². The molecule has 1 atom stereocenters. The summed E-state index contributed by atoms with van der Waals surface area (Å²) in [5.41, 5.74) is -0.0532. The predicted octanol–water partition coefficient (Wildman–Crippen LogP) is 2.92. The molecule has 16 heavy (non-hydrogen) atoms. The lowest BCUT2D eigenvalue weighted by Gasteiger charge is -2.28. The van der Waals surface area contributed by atoms with Gasteiger partial charge < -0.3 is 15.2 Å². The van der Waals surface area contributed by atoms with Gasteiger partial charge in [0.1, 0.15) is 5.75 Å². The van der Waals surface area contributed by atoms with Crippen LogP contribution in [0.25, 0.3) is 0 Å². The minimum Gasteiger partial charge on any atom is -0.497 e. The van der Waals surface area contributed by atoms with E-state index in [4.69, 9.17) is 16.3 Å². The Balaban J connectivity index is 2.88. The zero-order chi connectivity index (χ0) is 12.3. The normalized spacial score (nSPS) is 13.4. The maximum absolute atomic E-state index is 9.83. The molecule has 1 unspecified atom stereocenters. The van der Waals surface area contributed by atoms with Crippen molar-refractivity contribution in [2.75, 3.05) is 12.4 Å². The number of anilines is 1. The number of aliphatic hydroxyl groups is 1. The van der Waals surface area contributed by atoms with Gasteiger partial charge in [-0.2, -0.15) is 0 Å². The number of hydrogen-bond acceptors (Lipinski definition) is 3. The second-order valence-corrected chi connectivity index (χ2v) is 4.77. The number of methoxy groups -OCH3 is 1. The summed E-state index contributed by atoms with van der Waals surface area (Å²) in [6.07, 6.45) is 0. The SMILES string of the molecule is COc1ccc(Cl)c(NC(C)C(C)(C)O)c1. The van der Waals surface area contributed by atoms with Crippen molar-refractivity contribution in [2.45, 2.75) is 32.4 Å². The van der Waals surface area contributed by atoms with E-state index in [-0.39, 0.29) is 6.04 Å². The van der Waals surface area contributed by atoms with Crippen molar-refractivity contribution < 1.29 is 9.84 Å². The number of hydrogen-bond donors (Lipinski definition) is 2. The molecule has 0 aromatic heterocycles. The lowest BCUT2D eigenvalue weighted by atomic mass is 10.0. The van der Waals surface area contributed by atoms with E-state index in [9.17, 15) is 5.11 Å². The molecule has 1 aromatic carbocycles. The highest BCUT2D eigenvalue weighted by molar-refractivity contribution is 6.33. The van der Waals surface area contributed by atoms with Gasteiger partial charge in [-0.25, -0.2) is 0 Å². The van der Waals surface area contributed by atoms with E-state index in [1.807, 2.05) is 13.0 Å². The highest BCUT2D eigenvalue weighted by Gasteiger charge is 2.22. The van der Waals surface area contributed by atoms with Gasteiger partial charge in [-0.3, -0.25) is 0 Å². The quantitative estimate of drug-likeness (QED) is 0.855. The van der Waals surface area contributed by atoms with Crippen LogP contribution in [-0.2, 0) is 0 Å². The molecule has 0 saturated carbocycles. The minimum atomic E-state index is -0.813. The summed E-state index contributed by atoms with van der Waals surface area (Å²) < 4.78 is 5.12. The molecule has 0 radical (unpaired) electrons. The number of nitrogens with one attached hydrogen (secondary N) is 1. The Bertz CT molecular complexity index is 361. The van der Waals surface area contributed by atoms with Gasteiger partial charge in [0.25, 0.3) is 0 Å². The number of halogens is 1. The molecule has 0 aliphatic carbocycles. The smallest absolute Gasteiger partial charge is 0.121 e. The van der Waals surface area contributed by atoms with Crippen LogP contribution in [0, 0.1) is 0 Å². The molecule has 1 rings (SSSR count). The van der Waals surface area contributed by atoms with Gasteiger partial charge >= 0.3 is 0 Å². The van der Waals surface area contributed by atoms with Crippen LogP contribution in [0.15, 0.2) is 18.2 Å². The van der Waals surface area contributed by atoms with Gasteiger partial charge in [0, 0.05) is 6.07 Å². The second kappa shape index (κ2) is 4.93. The van der Waals surface area contributed by atoms with Gasteiger partial charge in [-0.1, -0.05) is 11.6 Å². The molecular weight excluding hydrogens is 226 g/mol. The highest BCUT2D eigenvalue weighted by Crippen LogP contribution is 2.28. The summed E-state index contributed by atoms with van der Waals surface area (Å²) >= 11 is 6.05. The van der Waals surface area contributed by atoms with Crippen LogP contribution in [0.3, 0.4) is 0 Å².